The largest absolute Gasteiger partial charge is 0.469 e. The van der Waals surface area contributed by atoms with E-state index < -0.39 is 17.7 Å². The highest BCUT2D eigenvalue weighted by molar-refractivity contribution is 5.80. The number of rotatable bonds is 5. The van der Waals surface area contributed by atoms with Gasteiger partial charge in [0, 0.05) is 5.69 Å². The lowest BCUT2D eigenvalue weighted by Crippen LogP contribution is -2.16. The minimum Gasteiger partial charge on any atom is -0.469 e. The first-order valence-electron chi connectivity index (χ1n) is 8.27. The Morgan fingerprint density at radius 3 is 2.19 bits per heavy atom. The molecule has 0 spiro atoms. The van der Waals surface area contributed by atoms with Crippen molar-refractivity contribution in [3.63, 3.8) is 0 Å². The molecule has 2 aromatic carbocycles. The first-order valence-corrected chi connectivity index (χ1v) is 8.27. The van der Waals surface area contributed by atoms with Gasteiger partial charge in [0.1, 0.15) is 0 Å². The van der Waals surface area contributed by atoms with Crippen LogP contribution >= 0.6 is 0 Å². The topological polar surface area (TPSA) is 52.3 Å². The number of nitrogen functional groups attached to an aromatic ring is 1. The maximum Gasteiger partial charge on any atom is 0.416 e. The molecule has 2 N–H and O–H groups in total. The number of alkyl halides is 3. The maximum absolute atomic E-state index is 12.7. The second-order valence-corrected chi connectivity index (χ2v) is 6.67. The predicted octanol–water partition coefficient (Wildman–Crippen LogP) is 5.26. The van der Waals surface area contributed by atoms with Crippen molar-refractivity contribution in [2.24, 2.45) is 5.92 Å². The van der Waals surface area contributed by atoms with Crippen LogP contribution in [0.25, 0.3) is 11.1 Å². The van der Waals surface area contributed by atoms with E-state index in [0.717, 1.165) is 12.1 Å². The lowest BCUT2D eigenvalue weighted by molar-refractivity contribution is -0.143. The summed E-state index contributed by atoms with van der Waals surface area (Å²) in [6, 6.07) is 10.0. The first-order chi connectivity index (χ1) is 12.1. The smallest absolute Gasteiger partial charge is 0.416 e. The van der Waals surface area contributed by atoms with E-state index in [9.17, 15) is 18.0 Å². The van der Waals surface area contributed by atoms with Crippen molar-refractivity contribution in [1.29, 1.82) is 0 Å². The molecule has 0 aliphatic rings. The summed E-state index contributed by atoms with van der Waals surface area (Å²) in [6.07, 6.45) is -3.80. The molecular weight excluding hydrogens is 343 g/mol. The molecule has 0 aliphatic heterocycles. The molecule has 0 unspecified atom stereocenters. The van der Waals surface area contributed by atoms with E-state index in [-0.39, 0.29) is 11.9 Å². The molecule has 0 saturated carbocycles. The van der Waals surface area contributed by atoms with Crippen molar-refractivity contribution in [3.8, 4) is 11.1 Å². The van der Waals surface area contributed by atoms with Gasteiger partial charge in [0.15, 0.2) is 0 Å². The van der Waals surface area contributed by atoms with Crippen LogP contribution in [0.3, 0.4) is 0 Å². The van der Waals surface area contributed by atoms with Gasteiger partial charge in [-0.15, -0.1) is 0 Å². The number of hydrogen-bond acceptors (Lipinski definition) is 3. The Bertz CT molecular complexity index is 768. The number of halogens is 3. The number of hydrogen-bond donors (Lipinski definition) is 1. The minimum atomic E-state index is -4.38. The van der Waals surface area contributed by atoms with Crippen LogP contribution in [0.2, 0.25) is 0 Å². The minimum absolute atomic E-state index is 0.259. The molecule has 0 aliphatic carbocycles. The second kappa shape index (κ2) is 7.81. The average Bonchev–Trinajstić information content (AvgIpc) is 2.57. The number of benzene rings is 2. The van der Waals surface area contributed by atoms with Gasteiger partial charge in [-0.05, 0) is 53.3 Å². The SMILES string of the molecule is COC(=O)[C@H](CC(C)C)c1cc(N)cc(-c2ccc(C(F)(F)F)cc2)c1. The van der Waals surface area contributed by atoms with Gasteiger partial charge < -0.3 is 10.5 Å². The Morgan fingerprint density at radius 2 is 1.69 bits per heavy atom. The summed E-state index contributed by atoms with van der Waals surface area (Å²) in [5.41, 5.74) is 7.65. The summed E-state index contributed by atoms with van der Waals surface area (Å²) in [5, 5.41) is 0. The zero-order valence-corrected chi connectivity index (χ0v) is 14.9. The van der Waals surface area contributed by atoms with Crippen LogP contribution in [0.4, 0.5) is 18.9 Å². The van der Waals surface area contributed by atoms with Crippen LogP contribution in [-0.4, -0.2) is 13.1 Å². The summed E-state index contributed by atoms with van der Waals surface area (Å²) in [5.74, 6) is -0.575. The standard InChI is InChI=1S/C20H22F3NO2/c1-12(2)8-18(19(25)26-3)15-9-14(10-17(24)11-15)13-4-6-16(7-5-13)20(21,22)23/h4-7,9-12,18H,8,24H2,1-3H3/t18-/m1/s1. The number of esters is 1. The van der Waals surface area contributed by atoms with E-state index in [0.29, 0.717) is 28.8 Å². The first kappa shape index (κ1) is 19.8. The third-order valence-corrected chi connectivity index (χ3v) is 4.12. The van der Waals surface area contributed by atoms with Crippen LogP contribution in [0, 0.1) is 5.92 Å². The number of methoxy groups -OCH3 is 1. The molecule has 6 heteroatoms. The maximum atomic E-state index is 12.7. The molecule has 2 rings (SSSR count). The van der Waals surface area contributed by atoms with Crippen LogP contribution in [0.15, 0.2) is 42.5 Å². The number of nitrogens with two attached hydrogens (primary N) is 1. The fraction of sp³-hybridized carbons (Fsp3) is 0.350. The van der Waals surface area contributed by atoms with Crippen LogP contribution in [0.5, 0.6) is 0 Å². The van der Waals surface area contributed by atoms with E-state index in [1.807, 2.05) is 13.8 Å². The molecule has 0 fully saturated rings. The quantitative estimate of drug-likeness (QED) is 0.581. The molecule has 0 saturated heterocycles. The lowest BCUT2D eigenvalue weighted by atomic mass is 9.88. The lowest BCUT2D eigenvalue weighted by Gasteiger charge is -2.19. The number of carbonyl (C=O) groups is 1. The van der Waals surface area contributed by atoms with Gasteiger partial charge in [0.05, 0.1) is 18.6 Å². The van der Waals surface area contributed by atoms with Crippen molar-refractivity contribution >= 4 is 11.7 Å². The third-order valence-electron chi connectivity index (χ3n) is 4.12. The van der Waals surface area contributed by atoms with E-state index in [4.69, 9.17) is 10.5 Å². The second-order valence-electron chi connectivity index (χ2n) is 6.67. The van der Waals surface area contributed by atoms with Crippen molar-refractivity contribution in [2.75, 3.05) is 12.8 Å². The van der Waals surface area contributed by atoms with Gasteiger partial charge in [0.25, 0.3) is 0 Å². The van der Waals surface area contributed by atoms with Crippen LogP contribution in [-0.2, 0) is 15.7 Å². The molecule has 0 radical (unpaired) electrons. The summed E-state index contributed by atoms with van der Waals surface area (Å²) in [6.45, 7) is 4.00. The molecule has 3 nitrogen and oxygen atoms in total. The molecule has 0 heterocycles. The molecule has 0 amide bonds. The molecule has 140 valence electrons. The fourth-order valence-corrected chi connectivity index (χ4v) is 2.88. The summed E-state index contributed by atoms with van der Waals surface area (Å²) in [4.78, 5) is 12.2. The zero-order chi connectivity index (χ0) is 19.5. The molecular formula is C20H22F3NO2. The molecule has 26 heavy (non-hydrogen) atoms. The van der Waals surface area contributed by atoms with Crippen LogP contribution < -0.4 is 5.73 Å². The number of anilines is 1. The van der Waals surface area contributed by atoms with Gasteiger partial charge in [-0.25, -0.2) is 0 Å². The van der Waals surface area contributed by atoms with Crippen LogP contribution in [0.1, 0.15) is 37.3 Å². The Hall–Kier alpha value is -2.50. The highest BCUT2D eigenvalue weighted by Crippen LogP contribution is 2.34. The average molecular weight is 365 g/mol. The number of ether oxygens (including phenoxy) is 1. The fourth-order valence-electron chi connectivity index (χ4n) is 2.88. The van der Waals surface area contributed by atoms with Gasteiger partial charge in [-0.1, -0.05) is 32.0 Å². The van der Waals surface area contributed by atoms with E-state index >= 15 is 0 Å². The molecule has 2 aromatic rings. The van der Waals surface area contributed by atoms with Gasteiger partial charge in [0.2, 0.25) is 0 Å². The third kappa shape index (κ3) is 4.77. The summed E-state index contributed by atoms with van der Waals surface area (Å²) < 4.78 is 43.1. The highest BCUT2D eigenvalue weighted by Gasteiger charge is 2.30. The van der Waals surface area contributed by atoms with E-state index in [1.165, 1.54) is 19.2 Å². The normalized spacial score (nSPS) is 12.9. The predicted molar refractivity (Wildman–Crippen MR) is 95.5 cm³/mol. The van der Waals surface area contributed by atoms with Crippen molar-refractivity contribution < 1.29 is 22.7 Å². The molecule has 0 aromatic heterocycles. The molecule has 1 atom stereocenters. The highest BCUT2D eigenvalue weighted by atomic mass is 19.4. The molecule has 0 bridgehead atoms. The van der Waals surface area contributed by atoms with Crippen molar-refractivity contribution in [1.82, 2.24) is 0 Å². The van der Waals surface area contributed by atoms with Gasteiger partial charge in [-0.2, -0.15) is 13.2 Å². The van der Waals surface area contributed by atoms with Gasteiger partial charge >= 0.3 is 12.1 Å². The van der Waals surface area contributed by atoms with Crippen molar-refractivity contribution in [2.45, 2.75) is 32.4 Å². The zero-order valence-electron chi connectivity index (χ0n) is 14.9. The Balaban J connectivity index is 2.44. The van der Waals surface area contributed by atoms with Gasteiger partial charge in [-0.3, -0.25) is 4.79 Å². The Labute approximate surface area is 151 Å². The monoisotopic (exact) mass is 365 g/mol. The summed E-state index contributed by atoms with van der Waals surface area (Å²) in [7, 11) is 1.33. The summed E-state index contributed by atoms with van der Waals surface area (Å²) >= 11 is 0. The van der Waals surface area contributed by atoms with E-state index in [1.54, 1.807) is 18.2 Å². The Morgan fingerprint density at radius 1 is 1.08 bits per heavy atom. The van der Waals surface area contributed by atoms with E-state index in [2.05, 4.69) is 0 Å². The van der Waals surface area contributed by atoms with Crippen molar-refractivity contribution in [3.05, 3.63) is 53.6 Å². The Kier molecular flexibility index (Phi) is 5.95. The number of carbonyl (C=O) groups excluding carboxylic acids is 1.